The molecule has 0 unspecified atom stereocenters. The van der Waals surface area contributed by atoms with Gasteiger partial charge in [-0.05, 0) is 61.7 Å². The molecule has 3 atom stereocenters. The predicted molar refractivity (Wildman–Crippen MR) is 104 cm³/mol. The Morgan fingerprint density at radius 3 is 2.59 bits per heavy atom. The quantitative estimate of drug-likeness (QED) is 0.613. The Morgan fingerprint density at radius 2 is 1.93 bits per heavy atom. The van der Waals surface area contributed by atoms with Crippen molar-refractivity contribution in [3.05, 3.63) is 54.1 Å². The maximum atomic E-state index is 12.5. The third kappa shape index (κ3) is 4.34. The van der Waals surface area contributed by atoms with E-state index in [1.165, 1.54) is 13.3 Å². The van der Waals surface area contributed by atoms with E-state index in [4.69, 9.17) is 4.74 Å². The first-order valence-corrected chi connectivity index (χ1v) is 10.0. The zero-order chi connectivity index (χ0) is 18.8. The van der Waals surface area contributed by atoms with Crippen LogP contribution in [0.5, 0.6) is 5.75 Å². The van der Waals surface area contributed by atoms with Crippen molar-refractivity contribution in [2.24, 2.45) is 0 Å². The van der Waals surface area contributed by atoms with E-state index >= 15 is 0 Å². The first-order chi connectivity index (χ1) is 13.1. The summed E-state index contributed by atoms with van der Waals surface area (Å²) in [7, 11) is 0. The third-order valence-electron chi connectivity index (χ3n) is 5.04. The maximum Gasteiger partial charge on any atom is 0.308 e. The average Bonchev–Trinajstić information content (AvgIpc) is 3.25. The van der Waals surface area contributed by atoms with Crippen molar-refractivity contribution in [2.75, 3.05) is 0 Å². The second-order valence-electron chi connectivity index (χ2n) is 7.06. The second-order valence-corrected chi connectivity index (χ2v) is 8.20. The molecule has 27 heavy (non-hydrogen) atoms. The molecular weight excluding hydrogens is 360 g/mol. The molecule has 2 fully saturated rings. The number of esters is 1. The van der Waals surface area contributed by atoms with Crippen molar-refractivity contribution in [1.82, 2.24) is 10.6 Å². The lowest BCUT2D eigenvalue weighted by molar-refractivity contribution is -0.131. The highest BCUT2D eigenvalue weighted by molar-refractivity contribution is 7.99. The third-order valence-corrected chi connectivity index (χ3v) is 6.03. The van der Waals surface area contributed by atoms with E-state index in [1.54, 1.807) is 17.8 Å². The van der Waals surface area contributed by atoms with Gasteiger partial charge in [0.2, 0.25) is 0 Å². The van der Waals surface area contributed by atoms with Gasteiger partial charge >= 0.3 is 5.97 Å². The van der Waals surface area contributed by atoms with Crippen LogP contribution in [0.25, 0.3) is 0 Å². The summed E-state index contributed by atoms with van der Waals surface area (Å²) >= 11 is 1.56. The minimum atomic E-state index is -0.335. The summed E-state index contributed by atoms with van der Waals surface area (Å²) < 4.78 is 5.12. The average molecular weight is 382 g/mol. The fourth-order valence-electron chi connectivity index (χ4n) is 3.81. The number of carbonyl (C=O) groups is 2. The standard InChI is InChI=1S/C21H22N2O3S/c1-13(24)26-16-3-2-4-18(12-16)27-17-8-5-14(6-9-17)21(25)23-20-11-15-7-10-19(20)22-15/h2-6,8-9,12,15,19-20,22H,7,10-11H2,1H3,(H,23,25)/t15-,19+,20-/m1/s1. The molecular formula is C21H22N2O3S. The molecule has 2 aromatic rings. The fourth-order valence-corrected chi connectivity index (χ4v) is 4.68. The van der Waals surface area contributed by atoms with Crippen molar-refractivity contribution >= 4 is 23.6 Å². The molecule has 2 aromatic carbocycles. The van der Waals surface area contributed by atoms with E-state index in [1.807, 2.05) is 42.5 Å². The number of ether oxygens (including phenoxy) is 1. The van der Waals surface area contributed by atoms with Gasteiger partial charge in [-0.25, -0.2) is 0 Å². The van der Waals surface area contributed by atoms with Crippen LogP contribution in [0.15, 0.2) is 58.3 Å². The van der Waals surface area contributed by atoms with Crippen molar-refractivity contribution in [3.63, 3.8) is 0 Å². The molecule has 2 N–H and O–H groups in total. The van der Waals surface area contributed by atoms with E-state index in [-0.39, 0.29) is 17.9 Å². The van der Waals surface area contributed by atoms with Gasteiger partial charge in [0.1, 0.15) is 5.75 Å². The lowest BCUT2D eigenvalue weighted by Gasteiger charge is -2.21. The van der Waals surface area contributed by atoms with Gasteiger partial charge in [-0.1, -0.05) is 17.8 Å². The van der Waals surface area contributed by atoms with Crippen LogP contribution < -0.4 is 15.4 Å². The van der Waals surface area contributed by atoms with Crippen LogP contribution in [0.4, 0.5) is 0 Å². The summed E-state index contributed by atoms with van der Waals surface area (Å²) in [6.45, 7) is 1.39. The van der Waals surface area contributed by atoms with Crippen molar-refractivity contribution < 1.29 is 14.3 Å². The maximum absolute atomic E-state index is 12.5. The van der Waals surface area contributed by atoms with Crippen LogP contribution in [0, 0.1) is 0 Å². The van der Waals surface area contributed by atoms with E-state index in [0.29, 0.717) is 23.4 Å². The molecule has 2 bridgehead atoms. The molecule has 0 aromatic heterocycles. The van der Waals surface area contributed by atoms with E-state index in [2.05, 4.69) is 10.6 Å². The number of carbonyl (C=O) groups excluding carboxylic acids is 2. The molecule has 4 rings (SSSR count). The molecule has 5 nitrogen and oxygen atoms in total. The normalized spacial score (nSPS) is 23.2. The Morgan fingerprint density at radius 1 is 1.11 bits per heavy atom. The van der Waals surface area contributed by atoms with Crippen LogP contribution >= 0.6 is 11.8 Å². The molecule has 0 saturated carbocycles. The Labute approximate surface area is 162 Å². The number of benzene rings is 2. The van der Waals surface area contributed by atoms with Crippen LogP contribution in [-0.4, -0.2) is 30.0 Å². The zero-order valence-electron chi connectivity index (χ0n) is 15.1. The molecule has 2 aliphatic rings. The molecule has 0 aliphatic carbocycles. The van der Waals surface area contributed by atoms with Crippen LogP contribution in [-0.2, 0) is 4.79 Å². The first kappa shape index (κ1) is 18.1. The number of amides is 1. The molecule has 2 saturated heterocycles. The van der Waals surface area contributed by atoms with Crippen molar-refractivity contribution in [1.29, 1.82) is 0 Å². The number of rotatable bonds is 5. The van der Waals surface area contributed by atoms with Gasteiger partial charge in [0.15, 0.2) is 0 Å². The van der Waals surface area contributed by atoms with E-state index in [0.717, 1.165) is 22.6 Å². The SMILES string of the molecule is CC(=O)Oc1cccc(Sc2ccc(C(=O)N[C@@H]3C[C@H]4CC[C@@H]3N4)cc2)c1. The Bertz CT molecular complexity index is 853. The van der Waals surface area contributed by atoms with Crippen molar-refractivity contribution in [2.45, 2.75) is 54.1 Å². The van der Waals surface area contributed by atoms with Gasteiger partial charge in [0.25, 0.3) is 5.91 Å². The fraction of sp³-hybridized carbons (Fsp3) is 0.333. The summed E-state index contributed by atoms with van der Waals surface area (Å²) in [4.78, 5) is 25.6. The Balaban J connectivity index is 1.37. The molecule has 6 heteroatoms. The number of hydrogen-bond acceptors (Lipinski definition) is 5. The lowest BCUT2D eigenvalue weighted by Crippen LogP contribution is -2.42. The number of hydrogen-bond donors (Lipinski definition) is 2. The second kappa shape index (κ2) is 7.74. The van der Waals surface area contributed by atoms with Gasteiger partial charge in [-0.2, -0.15) is 0 Å². The highest BCUT2D eigenvalue weighted by Gasteiger charge is 2.39. The summed E-state index contributed by atoms with van der Waals surface area (Å²) in [5, 5.41) is 6.70. The van der Waals surface area contributed by atoms with Gasteiger partial charge in [0.05, 0.1) is 0 Å². The molecule has 1 amide bonds. The highest BCUT2D eigenvalue weighted by atomic mass is 32.2. The summed E-state index contributed by atoms with van der Waals surface area (Å²) in [6, 6.07) is 16.2. The number of fused-ring (bicyclic) bond motifs is 2. The van der Waals surface area contributed by atoms with Crippen LogP contribution in [0.3, 0.4) is 0 Å². The highest BCUT2D eigenvalue weighted by Crippen LogP contribution is 2.31. The minimum Gasteiger partial charge on any atom is -0.427 e. The summed E-state index contributed by atoms with van der Waals surface area (Å²) in [5.74, 6) is 0.184. The minimum absolute atomic E-state index is 0.0113. The monoisotopic (exact) mass is 382 g/mol. The topological polar surface area (TPSA) is 67.4 Å². The molecule has 140 valence electrons. The largest absolute Gasteiger partial charge is 0.427 e. The predicted octanol–water partition coefficient (Wildman–Crippen LogP) is 3.39. The van der Waals surface area contributed by atoms with E-state index < -0.39 is 0 Å². The van der Waals surface area contributed by atoms with Gasteiger partial charge in [-0.15, -0.1) is 0 Å². The zero-order valence-corrected chi connectivity index (χ0v) is 15.9. The first-order valence-electron chi connectivity index (χ1n) is 9.20. The van der Waals surface area contributed by atoms with Gasteiger partial charge in [0, 0.05) is 40.4 Å². The van der Waals surface area contributed by atoms with Gasteiger partial charge in [-0.3, -0.25) is 9.59 Å². The molecule has 2 aliphatic heterocycles. The Hall–Kier alpha value is -2.31. The van der Waals surface area contributed by atoms with Crippen LogP contribution in [0.1, 0.15) is 36.5 Å². The van der Waals surface area contributed by atoms with Crippen molar-refractivity contribution in [3.8, 4) is 5.75 Å². The summed E-state index contributed by atoms with van der Waals surface area (Å²) in [6.07, 6.45) is 3.40. The molecule has 0 radical (unpaired) electrons. The van der Waals surface area contributed by atoms with Crippen LogP contribution in [0.2, 0.25) is 0 Å². The molecule has 2 heterocycles. The molecule has 0 spiro atoms. The lowest BCUT2D eigenvalue weighted by atomic mass is 9.95. The Kier molecular flexibility index (Phi) is 5.18. The smallest absolute Gasteiger partial charge is 0.308 e. The van der Waals surface area contributed by atoms with Gasteiger partial charge < -0.3 is 15.4 Å². The number of nitrogens with one attached hydrogen (secondary N) is 2. The van der Waals surface area contributed by atoms with E-state index in [9.17, 15) is 9.59 Å². The summed E-state index contributed by atoms with van der Waals surface area (Å²) in [5.41, 5.74) is 0.677.